The van der Waals surface area contributed by atoms with Gasteiger partial charge in [0.15, 0.2) is 0 Å². The van der Waals surface area contributed by atoms with Crippen molar-refractivity contribution < 1.29 is 17.9 Å². The predicted octanol–water partition coefficient (Wildman–Crippen LogP) is 3.17. The number of aryl methyl sites for hydroxylation is 1. The molecule has 8 nitrogen and oxygen atoms in total. The van der Waals surface area contributed by atoms with Crippen molar-refractivity contribution in [3.63, 3.8) is 0 Å². The maximum Gasteiger partial charge on any atom is 0.312 e. The fourth-order valence-corrected chi connectivity index (χ4v) is 7.16. The van der Waals surface area contributed by atoms with Gasteiger partial charge in [-0.15, -0.1) is 0 Å². The number of sulfonamides is 1. The Kier molecular flexibility index (Phi) is 7.26. The van der Waals surface area contributed by atoms with Crippen LogP contribution >= 0.6 is 0 Å². The number of carbonyl (C=O) groups is 1. The molecule has 0 N–H and O–H groups in total. The molecule has 0 saturated carbocycles. The van der Waals surface area contributed by atoms with E-state index in [-0.39, 0.29) is 17.0 Å². The van der Waals surface area contributed by atoms with E-state index in [2.05, 4.69) is 41.0 Å². The molecule has 9 heteroatoms. The average Bonchev–Trinajstić information content (AvgIpc) is 3.22. The van der Waals surface area contributed by atoms with Crippen LogP contribution in [0.15, 0.2) is 53.4 Å². The SMILES string of the molecule is Cc1ccc(N2CCN(CC[C@@H]3CC4(CCN(S(=O)(=O)c5ccc(C#N)cc5)CC4)C(=O)O3)CC2)cc1. The third kappa shape index (κ3) is 5.37. The molecule has 3 saturated heterocycles. The summed E-state index contributed by atoms with van der Waals surface area (Å²) in [6, 6.07) is 16.6. The van der Waals surface area contributed by atoms with Crippen LogP contribution in [-0.2, 0) is 19.6 Å². The molecule has 0 unspecified atom stereocenters. The second-order valence-electron chi connectivity index (χ2n) is 10.5. The summed E-state index contributed by atoms with van der Waals surface area (Å²) in [4.78, 5) is 17.9. The van der Waals surface area contributed by atoms with Crippen LogP contribution in [0.1, 0.15) is 36.8 Å². The molecule has 3 heterocycles. The summed E-state index contributed by atoms with van der Waals surface area (Å²) in [5.74, 6) is -0.169. The molecule has 3 aliphatic rings. The van der Waals surface area contributed by atoms with Crippen molar-refractivity contribution in [3.8, 4) is 6.07 Å². The number of rotatable bonds is 6. The number of esters is 1. The third-order valence-corrected chi connectivity index (χ3v) is 10.1. The minimum Gasteiger partial charge on any atom is -0.462 e. The van der Waals surface area contributed by atoms with Crippen molar-refractivity contribution in [1.29, 1.82) is 5.26 Å². The Morgan fingerprint density at radius 3 is 2.24 bits per heavy atom. The van der Waals surface area contributed by atoms with Crippen molar-refractivity contribution in [2.75, 3.05) is 50.7 Å². The summed E-state index contributed by atoms with van der Waals surface area (Å²) in [5, 5.41) is 8.96. The van der Waals surface area contributed by atoms with Crippen LogP contribution in [0.25, 0.3) is 0 Å². The van der Waals surface area contributed by atoms with Gasteiger partial charge in [-0.2, -0.15) is 9.57 Å². The van der Waals surface area contributed by atoms with E-state index in [1.54, 1.807) is 0 Å². The summed E-state index contributed by atoms with van der Waals surface area (Å²) in [5.41, 5.74) is 2.38. The Balaban J connectivity index is 1.10. The van der Waals surface area contributed by atoms with Gasteiger partial charge < -0.3 is 9.64 Å². The molecule has 3 aliphatic heterocycles. The lowest BCUT2D eigenvalue weighted by atomic mass is 9.76. The van der Waals surface area contributed by atoms with E-state index in [9.17, 15) is 13.2 Å². The van der Waals surface area contributed by atoms with E-state index in [0.29, 0.717) is 37.9 Å². The molecular weight excluding hydrogens is 488 g/mol. The Bertz CT molecular complexity index is 1250. The van der Waals surface area contributed by atoms with Crippen molar-refractivity contribution in [3.05, 3.63) is 59.7 Å². The summed E-state index contributed by atoms with van der Waals surface area (Å²) in [7, 11) is -3.65. The van der Waals surface area contributed by atoms with Crippen LogP contribution in [0.3, 0.4) is 0 Å². The first-order valence-corrected chi connectivity index (χ1v) is 14.5. The first-order chi connectivity index (χ1) is 17.8. The van der Waals surface area contributed by atoms with E-state index in [1.165, 1.54) is 39.8 Å². The molecular formula is C28H34N4O4S. The Labute approximate surface area is 219 Å². The van der Waals surface area contributed by atoms with Crippen LogP contribution in [0.5, 0.6) is 0 Å². The van der Waals surface area contributed by atoms with Gasteiger partial charge in [0.1, 0.15) is 6.10 Å². The highest BCUT2D eigenvalue weighted by molar-refractivity contribution is 7.89. The van der Waals surface area contributed by atoms with Crippen LogP contribution in [-0.4, -0.2) is 75.5 Å². The highest BCUT2D eigenvalue weighted by Crippen LogP contribution is 2.44. The number of benzene rings is 2. The topological polar surface area (TPSA) is 94.0 Å². The number of anilines is 1. The summed E-state index contributed by atoms with van der Waals surface area (Å²) >= 11 is 0. The smallest absolute Gasteiger partial charge is 0.312 e. The molecule has 0 radical (unpaired) electrons. The van der Waals surface area contributed by atoms with Gasteiger partial charge in [0, 0.05) is 57.9 Å². The van der Waals surface area contributed by atoms with Gasteiger partial charge in [-0.05, 0) is 62.6 Å². The lowest BCUT2D eigenvalue weighted by molar-refractivity contribution is -0.150. The lowest BCUT2D eigenvalue weighted by Gasteiger charge is -2.36. The zero-order valence-corrected chi connectivity index (χ0v) is 22.1. The standard InChI is InChI=1S/C28H34N4O4S/c1-22-2-6-24(7-3-22)31-18-16-30(17-19-31)13-10-25-20-28(27(33)36-25)11-14-32(15-12-28)37(34,35)26-8-4-23(21-29)5-9-26/h2-9,25H,10-20H2,1H3/t25-/m1/s1. The number of piperazine rings is 1. The van der Waals surface area contributed by atoms with Gasteiger partial charge in [0.05, 0.1) is 21.9 Å². The molecule has 0 aliphatic carbocycles. The molecule has 0 amide bonds. The van der Waals surface area contributed by atoms with E-state index in [4.69, 9.17) is 10.00 Å². The van der Waals surface area contributed by atoms with Crippen LogP contribution in [0.4, 0.5) is 5.69 Å². The van der Waals surface area contributed by atoms with Gasteiger partial charge in [-0.25, -0.2) is 8.42 Å². The number of hydrogen-bond acceptors (Lipinski definition) is 7. The summed E-state index contributed by atoms with van der Waals surface area (Å²) in [6.07, 6.45) is 2.33. The van der Waals surface area contributed by atoms with Gasteiger partial charge in [0.25, 0.3) is 0 Å². The summed E-state index contributed by atoms with van der Waals surface area (Å²) in [6.45, 7) is 7.54. The van der Waals surface area contributed by atoms with Crippen molar-refractivity contribution in [1.82, 2.24) is 9.21 Å². The number of nitriles is 1. The number of piperidine rings is 1. The second kappa shape index (κ2) is 10.4. The fourth-order valence-electron chi connectivity index (χ4n) is 5.72. The monoisotopic (exact) mass is 522 g/mol. The quantitative estimate of drug-likeness (QED) is 0.538. The minimum atomic E-state index is -3.65. The van der Waals surface area contributed by atoms with Gasteiger partial charge in [-0.3, -0.25) is 9.69 Å². The van der Waals surface area contributed by atoms with Gasteiger partial charge in [0.2, 0.25) is 10.0 Å². The highest BCUT2D eigenvalue weighted by Gasteiger charge is 2.51. The Morgan fingerprint density at radius 2 is 1.62 bits per heavy atom. The Hall–Kier alpha value is -2.93. The Morgan fingerprint density at radius 1 is 0.973 bits per heavy atom. The van der Waals surface area contributed by atoms with Crippen molar-refractivity contribution in [2.45, 2.75) is 43.6 Å². The molecule has 1 atom stereocenters. The third-order valence-electron chi connectivity index (χ3n) is 8.16. The molecule has 37 heavy (non-hydrogen) atoms. The first kappa shape index (κ1) is 25.7. The maximum absolute atomic E-state index is 13.1. The zero-order valence-electron chi connectivity index (χ0n) is 21.3. The van der Waals surface area contributed by atoms with Crippen LogP contribution < -0.4 is 4.90 Å². The molecule has 2 aromatic carbocycles. The fraction of sp³-hybridized carbons (Fsp3) is 0.500. The molecule has 0 bridgehead atoms. The maximum atomic E-state index is 13.1. The molecule has 196 valence electrons. The van der Waals surface area contributed by atoms with Crippen LogP contribution in [0.2, 0.25) is 0 Å². The predicted molar refractivity (Wildman–Crippen MR) is 141 cm³/mol. The van der Waals surface area contributed by atoms with E-state index >= 15 is 0 Å². The van der Waals surface area contributed by atoms with Crippen molar-refractivity contribution >= 4 is 21.7 Å². The first-order valence-electron chi connectivity index (χ1n) is 13.0. The molecule has 1 spiro atoms. The molecule has 5 rings (SSSR count). The average molecular weight is 523 g/mol. The minimum absolute atomic E-state index is 0.107. The number of hydrogen-bond donors (Lipinski definition) is 0. The molecule has 0 aromatic heterocycles. The number of cyclic esters (lactones) is 1. The molecule has 2 aromatic rings. The van der Waals surface area contributed by atoms with Crippen molar-refractivity contribution in [2.24, 2.45) is 5.41 Å². The van der Waals surface area contributed by atoms with Gasteiger partial charge in [-0.1, -0.05) is 17.7 Å². The van der Waals surface area contributed by atoms with E-state index in [0.717, 1.165) is 39.1 Å². The van der Waals surface area contributed by atoms with Gasteiger partial charge >= 0.3 is 5.97 Å². The number of carbonyl (C=O) groups excluding carboxylic acids is 1. The zero-order chi connectivity index (χ0) is 26.0. The highest BCUT2D eigenvalue weighted by atomic mass is 32.2. The second-order valence-corrected chi connectivity index (χ2v) is 12.4. The van der Waals surface area contributed by atoms with Crippen LogP contribution in [0, 0.1) is 23.7 Å². The van der Waals surface area contributed by atoms with E-state index in [1.807, 2.05) is 6.07 Å². The largest absolute Gasteiger partial charge is 0.462 e. The van der Waals surface area contributed by atoms with E-state index < -0.39 is 15.4 Å². The molecule has 3 fully saturated rings. The number of ether oxygens (including phenoxy) is 1. The normalized spacial score (nSPS) is 22.6. The lowest BCUT2D eigenvalue weighted by Crippen LogP contribution is -2.47. The summed E-state index contributed by atoms with van der Waals surface area (Å²) < 4.78 is 33.4. The number of nitrogens with zero attached hydrogens (tertiary/aromatic N) is 4.